The van der Waals surface area contributed by atoms with Crippen LogP contribution in [0.2, 0.25) is 0 Å². The van der Waals surface area contributed by atoms with Crippen LogP contribution in [0.4, 0.5) is 0 Å². The monoisotopic (exact) mass is 200 g/mol. The first kappa shape index (κ1) is 11.5. The van der Waals surface area contributed by atoms with E-state index in [0.717, 1.165) is 25.9 Å². The van der Waals surface area contributed by atoms with E-state index in [4.69, 9.17) is 5.11 Å². The molecule has 1 fully saturated rings. The number of likely N-dealkylation sites (N-methyl/N-ethyl adjacent to an activating group) is 1. The number of amides is 1. The van der Waals surface area contributed by atoms with Gasteiger partial charge in [0.25, 0.3) is 0 Å². The number of hydrogen-bond donors (Lipinski definition) is 2. The number of carbonyl (C=O) groups is 1. The van der Waals surface area contributed by atoms with Gasteiger partial charge in [-0.1, -0.05) is 0 Å². The molecule has 1 saturated heterocycles. The van der Waals surface area contributed by atoms with Crippen LogP contribution in [-0.2, 0) is 4.79 Å². The Kier molecular flexibility index (Phi) is 4.90. The van der Waals surface area contributed by atoms with Gasteiger partial charge in [0, 0.05) is 19.7 Å². The topological polar surface area (TPSA) is 52.6 Å². The average molecular weight is 200 g/mol. The summed E-state index contributed by atoms with van der Waals surface area (Å²) >= 11 is 0. The lowest BCUT2D eigenvalue weighted by atomic mass is 10.2. The van der Waals surface area contributed by atoms with Gasteiger partial charge < -0.3 is 15.3 Å². The van der Waals surface area contributed by atoms with Crippen molar-refractivity contribution in [1.29, 1.82) is 0 Å². The second kappa shape index (κ2) is 5.98. The first-order valence-corrected chi connectivity index (χ1v) is 5.42. The predicted molar refractivity (Wildman–Crippen MR) is 55.0 cm³/mol. The zero-order valence-corrected chi connectivity index (χ0v) is 8.83. The van der Waals surface area contributed by atoms with Gasteiger partial charge in [-0.05, 0) is 32.7 Å². The van der Waals surface area contributed by atoms with Crippen molar-refractivity contribution in [3.8, 4) is 0 Å². The lowest BCUT2D eigenvalue weighted by molar-refractivity contribution is -0.133. The van der Waals surface area contributed by atoms with E-state index < -0.39 is 0 Å². The number of nitrogens with zero attached hydrogens (tertiary/aromatic N) is 1. The highest BCUT2D eigenvalue weighted by Gasteiger charge is 2.25. The smallest absolute Gasteiger partial charge is 0.239 e. The Morgan fingerprint density at radius 2 is 2.43 bits per heavy atom. The first-order valence-electron chi connectivity index (χ1n) is 5.42. The minimum Gasteiger partial charge on any atom is -0.396 e. The molecule has 14 heavy (non-hydrogen) atoms. The Labute approximate surface area is 85.3 Å². The minimum atomic E-state index is 0.0219. The predicted octanol–water partition coefficient (Wildman–Crippen LogP) is -0.0307. The third-order valence-electron chi connectivity index (χ3n) is 2.64. The molecule has 0 aliphatic carbocycles. The fraction of sp³-hybridized carbons (Fsp3) is 0.900. The third kappa shape index (κ3) is 2.96. The van der Waals surface area contributed by atoms with Crippen LogP contribution in [0, 0.1) is 0 Å². The molecule has 2 N–H and O–H groups in total. The second-order valence-corrected chi connectivity index (χ2v) is 3.64. The minimum absolute atomic E-state index is 0.0219. The van der Waals surface area contributed by atoms with Gasteiger partial charge in [-0.15, -0.1) is 0 Å². The lowest BCUT2D eigenvalue weighted by Gasteiger charge is -2.23. The van der Waals surface area contributed by atoms with E-state index in [1.54, 1.807) is 0 Å². The van der Waals surface area contributed by atoms with Crippen molar-refractivity contribution in [2.45, 2.75) is 32.2 Å². The summed E-state index contributed by atoms with van der Waals surface area (Å²) in [7, 11) is 0. The second-order valence-electron chi connectivity index (χ2n) is 3.64. The molecule has 0 aromatic rings. The Hall–Kier alpha value is -0.610. The van der Waals surface area contributed by atoms with Crippen LogP contribution < -0.4 is 5.32 Å². The molecule has 1 heterocycles. The Morgan fingerprint density at radius 3 is 2.93 bits per heavy atom. The SMILES string of the molecule is CCN(CCCO)C(=O)[C@H]1CCCN1. The summed E-state index contributed by atoms with van der Waals surface area (Å²) in [6.45, 7) is 4.49. The van der Waals surface area contributed by atoms with Crippen molar-refractivity contribution in [1.82, 2.24) is 10.2 Å². The highest BCUT2D eigenvalue weighted by atomic mass is 16.3. The molecule has 0 saturated carbocycles. The summed E-state index contributed by atoms with van der Waals surface area (Å²) in [5.41, 5.74) is 0. The fourth-order valence-electron chi connectivity index (χ4n) is 1.80. The molecule has 1 atom stereocenters. The van der Waals surface area contributed by atoms with Crippen LogP contribution in [0.1, 0.15) is 26.2 Å². The standard InChI is InChI=1S/C10H20N2O2/c1-2-12(7-4-8-13)10(14)9-5-3-6-11-9/h9,11,13H,2-8H2,1H3/t9-/m1/s1. The van der Waals surface area contributed by atoms with Crippen LogP contribution in [0.15, 0.2) is 0 Å². The van der Waals surface area contributed by atoms with E-state index in [1.807, 2.05) is 11.8 Å². The largest absolute Gasteiger partial charge is 0.396 e. The molecule has 4 heteroatoms. The van der Waals surface area contributed by atoms with Crippen molar-refractivity contribution in [3.05, 3.63) is 0 Å². The van der Waals surface area contributed by atoms with Gasteiger partial charge in [-0.2, -0.15) is 0 Å². The molecule has 1 amide bonds. The third-order valence-corrected chi connectivity index (χ3v) is 2.64. The van der Waals surface area contributed by atoms with E-state index in [0.29, 0.717) is 13.0 Å². The number of aliphatic hydroxyl groups excluding tert-OH is 1. The van der Waals surface area contributed by atoms with E-state index >= 15 is 0 Å². The van der Waals surface area contributed by atoms with Crippen molar-refractivity contribution in [3.63, 3.8) is 0 Å². The van der Waals surface area contributed by atoms with Crippen LogP contribution in [0.25, 0.3) is 0 Å². The summed E-state index contributed by atoms with van der Waals surface area (Å²) in [4.78, 5) is 13.7. The summed E-state index contributed by atoms with van der Waals surface area (Å²) in [5, 5.41) is 11.9. The normalized spacial score (nSPS) is 21.1. The van der Waals surface area contributed by atoms with Crippen molar-refractivity contribution in [2.75, 3.05) is 26.2 Å². The van der Waals surface area contributed by atoms with E-state index in [9.17, 15) is 4.79 Å². The molecule has 0 unspecified atom stereocenters. The van der Waals surface area contributed by atoms with Gasteiger partial charge >= 0.3 is 0 Å². The molecule has 1 aliphatic rings. The maximum Gasteiger partial charge on any atom is 0.239 e. The summed E-state index contributed by atoms with van der Waals surface area (Å²) in [6.07, 6.45) is 2.72. The van der Waals surface area contributed by atoms with Gasteiger partial charge in [0.2, 0.25) is 5.91 Å². The zero-order valence-electron chi connectivity index (χ0n) is 8.83. The van der Waals surface area contributed by atoms with Crippen LogP contribution in [0.3, 0.4) is 0 Å². The molecule has 0 bridgehead atoms. The van der Waals surface area contributed by atoms with Gasteiger partial charge in [0.1, 0.15) is 0 Å². The highest BCUT2D eigenvalue weighted by Crippen LogP contribution is 2.08. The lowest BCUT2D eigenvalue weighted by Crippen LogP contribution is -2.44. The maximum absolute atomic E-state index is 11.9. The van der Waals surface area contributed by atoms with E-state index in [2.05, 4.69) is 5.32 Å². The van der Waals surface area contributed by atoms with Gasteiger partial charge in [0.15, 0.2) is 0 Å². The quantitative estimate of drug-likeness (QED) is 0.655. The Bertz CT molecular complexity index is 179. The van der Waals surface area contributed by atoms with E-state index in [-0.39, 0.29) is 18.6 Å². The summed E-state index contributed by atoms with van der Waals surface area (Å²) in [5.74, 6) is 0.193. The summed E-state index contributed by atoms with van der Waals surface area (Å²) < 4.78 is 0. The average Bonchev–Trinajstić information content (AvgIpc) is 2.71. The molecule has 1 rings (SSSR count). The molecular weight excluding hydrogens is 180 g/mol. The first-order chi connectivity index (χ1) is 6.79. The maximum atomic E-state index is 11.9. The van der Waals surface area contributed by atoms with Crippen molar-refractivity contribution < 1.29 is 9.90 Å². The Balaban J connectivity index is 2.37. The van der Waals surface area contributed by atoms with Gasteiger partial charge in [-0.3, -0.25) is 4.79 Å². The van der Waals surface area contributed by atoms with Crippen LogP contribution in [-0.4, -0.2) is 48.2 Å². The molecule has 0 radical (unpaired) electrons. The zero-order chi connectivity index (χ0) is 10.4. The molecule has 82 valence electrons. The van der Waals surface area contributed by atoms with Crippen LogP contribution >= 0.6 is 0 Å². The number of nitrogens with one attached hydrogen (secondary N) is 1. The number of hydrogen-bond acceptors (Lipinski definition) is 3. The molecule has 0 spiro atoms. The molecular formula is C10H20N2O2. The number of rotatable bonds is 5. The highest BCUT2D eigenvalue weighted by molar-refractivity contribution is 5.82. The van der Waals surface area contributed by atoms with E-state index in [1.165, 1.54) is 0 Å². The molecule has 0 aromatic heterocycles. The molecule has 0 aromatic carbocycles. The van der Waals surface area contributed by atoms with Crippen LogP contribution in [0.5, 0.6) is 0 Å². The number of carbonyl (C=O) groups excluding carboxylic acids is 1. The Morgan fingerprint density at radius 1 is 1.64 bits per heavy atom. The fourth-order valence-corrected chi connectivity index (χ4v) is 1.80. The summed E-state index contributed by atoms with van der Waals surface area (Å²) in [6, 6.07) is 0.0219. The molecule has 4 nitrogen and oxygen atoms in total. The van der Waals surface area contributed by atoms with Gasteiger partial charge in [0.05, 0.1) is 6.04 Å². The van der Waals surface area contributed by atoms with Gasteiger partial charge in [-0.25, -0.2) is 0 Å². The molecule has 1 aliphatic heterocycles. The van der Waals surface area contributed by atoms with Crippen molar-refractivity contribution >= 4 is 5.91 Å². The van der Waals surface area contributed by atoms with Crippen molar-refractivity contribution in [2.24, 2.45) is 0 Å². The number of aliphatic hydroxyl groups is 1.